The fraction of sp³-hybridized carbons (Fsp3) is 0.636. The molecule has 1 aliphatic rings. The van der Waals surface area contributed by atoms with Crippen molar-refractivity contribution < 1.29 is 0 Å². The topological polar surface area (TPSA) is 63.8 Å². The van der Waals surface area contributed by atoms with Gasteiger partial charge in [0.1, 0.15) is 5.82 Å². The van der Waals surface area contributed by atoms with Crippen LogP contribution in [0.25, 0.3) is 0 Å². The third kappa shape index (κ3) is 3.69. The van der Waals surface area contributed by atoms with Gasteiger partial charge in [0, 0.05) is 5.92 Å². The molecule has 1 fully saturated rings. The van der Waals surface area contributed by atoms with Gasteiger partial charge in [0.05, 0.1) is 5.69 Å². The SMILES string of the molecule is Cc1cc(N)nnc1[C@@H]1CCNC[C@H]1C.Cl.Cl. The highest BCUT2D eigenvalue weighted by molar-refractivity contribution is 5.85. The van der Waals surface area contributed by atoms with Crippen LogP contribution in [-0.4, -0.2) is 23.3 Å². The quantitative estimate of drug-likeness (QED) is 0.824. The first-order chi connectivity index (χ1) is 7.18. The highest BCUT2D eigenvalue weighted by Gasteiger charge is 2.25. The molecule has 0 saturated carbocycles. The molecule has 0 unspecified atom stereocenters. The lowest BCUT2D eigenvalue weighted by molar-refractivity contribution is 0.341. The van der Waals surface area contributed by atoms with Crippen LogP contribution in [0, 0.1) is 12.8 Å². The standard InChI is InChI=1S/C11H18N4.2ClH/c1-7-5-10(12)14-15-11(7)9-3-4-13-6-8(9)2;;/h5,8-9,13H,3-4,6H2,1-2H3,(H2,12,14);2*1H/t8-,9-;;/m1../s1. The van der Waals surface area contributed by atoms with Crippen molar-refractivity contribution in [3.63, 3.8) is 0 Å². The lowest BCUT2D eigenvalue weighted by Crippen LogP contribution is -2.34. The maximum absolute atomic E-state index is 5.61. The fourth-order valence-corrected chi connectivity index (χ4v) is 2.30. The monoisotopic (exact) mass is 278 g/mol. The number of hydrogen-bond donors (Lipinski definition) is 2. The minimum atomic E-state index is 0. The number of nitrogens with zero attached hydrogens (tertiary/aromatic N) is 2. The summed E-state index contributed by atoms with van der Waals surface area (Å²) in [6, 6.07) is 1.91. The molecule has 1 saturated heterocycles. The van der Waals surface area contributed by atoms with Crippen LogP contribution < -0.4 is 11.1 Å². The van der Waals surface area contributed by atoms with E-state index in [1.54, 1.807) is 0 Å². The zero-order valence-electron chi connectivity index (χ0n) is 10.1. The average Bonchev–Trinajstić information content (AvgIpc) is 2.20. The molecule has 0 radical (unpaired) electrons. The Labute approximate surface area is 115 Å². The van der Waals surface area contributed by atoms with Crippen molar-refractivity contribution in [2.24, 2.45) is 5.92 Å². The van der Waals surface area contributed by atoms with Crippen molar-refractivity contribution >= 4 is 30.6 Å². The number of halogens is 2. The van der Waals surface area contributed by atoms with Gasteiger partial charge < -0.3 is 11.1 Å². The summed E-state index contributed by atoms with van der Waals surface area (Å²) < 4.78 is 0. The molecular weight excluding hydrogens is 259 g/mol. The van der Waals surface area contributed by atoms with E-state index in [0.717, 1.165) is 25.2 Å². The van der Waals surface area contributed by atoms with Crippen molar-refractivity contribution in [2.75, 3.05) is 18.8 Å². The van der Waals surface area contributed by atoms with Crippen LogP contribution in [-0.2, 0) is 0 Å². The van der Waals surface area contributed by atoms with Crippen LogP contribution in [0.2, 0.25) is 0 Å². The predicted molar refractivity (Wildman–Crippen MR) is 75.1 cm³/mol. The van der Waals surface area contributed by atoms with Gasteiger partial charge in [-0.2, -0.15) is 5.10 Å². The largest absolute Gasteiger partial charge is 0.382 e. The summed E-state index contributed by atoms with van der Waals surface area (Å²) in [4.78, 5) is 0. The van der Waals surface area contributed by atoms with Crippen molar-refractivity contribution in [1.29, 1.82) is 0 Å². The Morgan fingerprint density at radius 2 is 2.06 bits per heavy atom. The molecule has 0 aliphatic carbocycles. The lowest BCUT2D eigenvalue weighted by Gasteiger charge is -2.29. The highest BCUT2D eigenvalue weighted by atomic mass is 35.5. The zero-order chi connectivity index (χ0) is 10.8. The molecule has 2 heterocycles. The molecule has 0 bridgehead atoms. The number of nitrogens with one attached hydrogen (secondary N) is 1. The Bertz CT molecular complexity index is 359. The number of nitrogen functional groups attached to an aromatic ring is 1. The fourth-order valence-electron chi connectivity index (χ4n) is 2.30. The van der Waals surface area contributed by atoms with Crippen LogP contribution in [0.5, 0.6) is 0 Å². The molecular formula is C11H20Cl2N4. The number of anilines is 1. The molecule has 98 valence electrons. The lowest BCUT2D eigenvalue weighted by atomic mass is 9.84. The zero-order valence-corrected chi connectivity index (χ0v) is 11.8. The normalized spacial score (nSPS) is 23.4. The van der Waals surface area contributed by atoms with Crippen molar-refractivity contribution in [3.8, 4) is 0 Å². The Morgan fingerprint density at radius 1 is 1.35 bits per heavy atom. The molecule has 0 aromatic carbocycles. The molecule has 17 heavy (non-hydrogen) atoms. The molecule has 2 atom stereocenters. The first kappa shape index (κ1) is 16.4. The van der Waals surface area contributed by atoms with Gasteiger partial charge in [-0.1, -0.05) is 6.92 Å². The van der Waals surface area contributed by atoms with Gasteiger partial charge in [-0.25, -0.2) is 0 Å². The molecule has 6 heteroatoms. The number of rotatable bonds is 1. The molecule has 4 nitrogen and oxygen atoms in total. The van der Waals surface area contributed by atoms with E-state index in [2.05, 4.69) is 29.4 Å². The number of hydrogen-bond acceptors (Lipinski definition) is 4. The van der Waals surface area contributed by atoms with Crippen LogP contribution in [0.3, 0.4) is 0 Å². The Morgan fingerprint density at radius 3 is 2.65 bits per heavy atom. The van der Waals surface area contributed by atoms with Gasteiger partial charge in [-0.05, 0) is 44.0 Å². The minimum absolute atomic E-state index is 0. The second-order valence-corrected chi connectivity index (χ2v) is 4.41. The molecule has 0 spiro atoms. The van der Waals surface area contributed by atoms with Gasteiger partial charge in [-0.3, -0.25) is 0 Å². The number of piperidine rings is 1. The molecule has 1 aromatic heterocycles. The predicted octanol–water partition coefficient (Wildman–Crippen LogP) is 1.92. The van der Waals surface area contributed by atoms with Crippen LogP contribution in [0.1, 0.15) is 30.5 Å². The Balaban J connectivity index is 0.00000128. The maximum atomic E-state index is 5.61. The number of aromatic nitrogens is 2. The van der Waals surface area contributed by atoms with E-state index in [-0.39, 0.29) is 24.8 Å². The van der Waals surface area contributed by atoms with Gasteiger partial charge >= 0.3 is 0 Å². The molecule has 1 aliphatic heterocycles. The van der Waals surface area contributed by atoms with E-state index in [1.165, 1.54) is 5.56 Å². The summed E-state index contributed by atoms with van der Waals surface area (Å²) in [6.07, 6.45) is 1.14. The van der Waals surface area contributed by atoms with E-state index in [9.17, 15) is 0 Å². The average molecular weight is 279 g/mol. The summed E-state index contributed by atoms with van der Waals surface area (Å²) in [7, 11) is 0. The number of aryl methyl sites for hydroxylation is 1. The van der Waals surface area contributed by atoms with Crippen molar-refractivity contribution in [3.05, 3.63) is 17.3 Å². The first-order valence-electron chi connectivity index (χ1n) is 5.49. The Hall–Kier alpha value is -0.580. The summed E-state index contributed by atoms with van der Waals surface area (Å²) in [5.41, 5.74) is 7.90. The van der Waals surface area contributed by atoms with Crippen LogP contribution in [0.15, 0.2) is 6.07 Å². The summed E-state index contributed by atoms with van der Waals surface area (Å²) in [5.74, 6) is 1.66. The first-order valence-corrected chi connectivity index (χ1v) is 5.49. The minimum Gasteiger partial charge on any atom is -0.382 e. The van der Waals surface area contributed by atoms with Gasteiger partial charge in [0.25, 0.3) is 0 Å². The van der Waals surface area contributed by atoms with Crippen molar-refractivity contribution in [1.82, 2.24) is 15.5 Å². The molecule has 3 N–H and O–H groups in total. The van der Waals surface area contributed by atoms with Crippen LogP contribution >= 0.6 is 24.8 Å². The summed E-state index contributed by atoms with van der Waals surface area (Å²) >= 11 is 0. The summed E-state index contributed by atoms with van der Waals surface area (Å²) in [5, 5.41) is 11.6. The van der Waals surface area contributed by atoms with Crippen molar-refractivity contribution in [2.45, 2.75) is 26.2 Å². The highest BCUT2D eigenvalue weighted by Crippen LogP contribution is 2.30. The Kier molecular flexibility index (Phi) is 6.75. The van der Waals surface area contributed by atoms with Crippen LogP contribution in [0.4, 0.5) is 5.82 Å². The second kappa shape index (κ2) is 6.99. The second-order valence-electron chi connectivity index (χ2n) is 4.41. The number of nitrogens with two attached hydrogens (primary N) is 1. The van der Waals surface area contributed by atoms with Gasteiger partial charge in [0.2, 0.25) is 0 Å². The van der Waals surface area contributed by atoms with E-state index in [0.29, 0.717) is 17.7 Å². The molecule has 2 rings (SSSR count). The van der Waals surface area contributed by atoms with Gasteiger partial charge in [0.15, 0.2) is 0 Å². The summed E-state index contributed by atoms with van der Waals surface area (Å²) in [6.45, 7) is 6.46. The van der Waals surface area contributed by atoms with Gasteiger partial charge in [-0.15, -0.1) is 29.9 Å². The molecule has 1 aromatic rings. The van der Waals surface area contributed by atoms with E-state index >= 15 is 0 Å². The maximum Gasteiger partial charge on any atom is 0.146 e. The van der Waals surface area contributed by atoms with E-state index < -0.39 is 0 Å². The molecule has 0 amide bonds. The van der Waals surface area contributed by atoms with E-state index in [1.807, 2.05) is 6.07 Å². The smallest absolute Gasteiger partial charge is 0.146 e. The van der Waals surface area contributed by atoms with E-state index in [4.69, 9.17) is 5.73 Å². The third-order valence-corrected chi connectivity index (χ3v) is 3.18. The third-order valence-electron chi connectivity index (χ3n) is 3.18.